The second-order valence-electron chi connectivity index (χ2n) is 4.78. The number of benzene rings is 1. The topological polar surface area (TPSA) is 68.2 Å². The average molecular weight is 272 g/mol. The van der Waals surface area contributed by atoms with E-state index in [1.54, 1.807) is 0 Å². The Morgan fingerprint density at radius 3 is 3.10 bits per heavy atom. The fourth-order valence-electron chi connectivity index (χ4n) is 2.11. The molecule has 0 atom stereocenters. The number of anilines is 2. The number of fused-ring (bicyclic) bond motifs is 1. The van der Waals surface area contributed by atoms with Crippen LogP contribution in [0.4, 0.5) is 11.4 Å². The fourth-order valence-corrected chi connectivity index (χ4v) is 2.11. The Kier molecular flexibility index (Phi) is 3.06. The van der Waals surface area contributed by atoms with Gasteiger partial charge in [0.25, 0.3) is 5.91 Å². The Labute approximate surface area is 116 Å². The van der Waals surface area contributed by atoms with Gasteiger partial charge in [0.15, 0.2) is 6.61 Å². The highest BCUT2D eigenvalue weighted by Crippen LogP contribution is 2.30. The van der Waals surface area contributed by atoms with E-state index in [1.807, 2.05) is 43.0 Å². The molecule has 0 aliphatic carbocycles. The molecule has 0 saturated carbocycles. The van der Waals surface area contributed by atoms with Gasteiger partial charge in [-0.1, -0.05) is 0 Å². The van der Waals surface area contributed by atoms with Crippen LogP contribution < -0.4 is 15.4 Å². The van der Waals surface area contributed by atoms with E-state index in [0.29, 0.717) is 18.0 Å². The zero-order chi connectivity index (χ0) is 14.1. The third-order valence-corrected chi connectivity index (χ3v) is 3.43. The zero-order valence-electron chi connectivity index (χ0n) is 11.4. The van der Waals surface area contributed by atoms with Crippen molar-refractivity contribution in [2.75, 3.05) is 17.2 Å². The lowest BCUT2D eigenvalue weighted by Crippen LogP contribution is -2.25. The summed E-state index contributed by atoms with van der Waals surface area (Å²) >= 11 is 0. The number of nitrogens with zero attached hydrogens (tertiary/aromatic N) is 2. The molecule has 2 aromatic rings. The van der Waals surface area contributed by atoms with Gasteiger partial charge in [-0.15, -0.1) is 0 Å². The molecule has 1 aliphatic heterocycles. The van der Waals surface area contributed by atoms with Crippen molar-refractivity contribution in [3.8, 4) is 5.75 Å². The van der Waals surface area contributed by atoms with Crippen molar-refractivity contribution in [2.45, 2.75) is 13.5 Å². The van der Waals surface area contributed by atoms with Gasteiger partial charge in [-0.25, -0.2) is 0 Å². The molecule has 0 unspecified atom stereocenters. The van der Waals surface area contributed by atoms with Crippen LogP contribution in [0.3, 0.4) is 0 Å². The molecular formula is C14H16N4O2. The second kappa shape index (κ2) is 4.88. The van der Waals surface area contributed by atoms with Crippen LogP contribution in [-0.4, -0.2) is 22.3 Å². The third-order valence-electron chi connectivity index (χ3n) is 3.43. The number of rotatable bonds is 3. The molecule has 104 valence electrons. The predicted octanol–water partition coefficient (Wildman–Crippen LogP) is 1.67. The standard InChI is InChI=1S/C14H16N4O2/c1-9-10(7-16-18(9)2)6-15-11-3-4-13-12(5-11)17-14(19)8-20-13/h3-5,7,15H,6,8H2,1-2H3,(H,17,19). The summed E-state index contributed by atoms with van der Waals surface area (Å²) in [5, 5.41) is 10.3. The molecular weight excluding hydrogens is 256 g/mol. The molecule has 1 aromatic carbocycles. The van der Waals surface area contributed by atoms with Crippen molar-refractivity contribution < 1.29 is 9.53 Å². The van der Waals surface area contributed by atoms with Gasteiger partial charge in [-0.05, 0) is 25.1 Å². The van der Waals surface area contributed by atoms with Gasteiger partial charge < -0.3 is 15.4 Å². The van der Waals surface area contributed by atoms with Gasteiger partial charge in [-0.3, -0.25) is 9.48 Å². The summed E-state index contributed by atoms with van der Waals surface area (Å²) in [6, 6.07) is 5.66. The molecule has 3 rings (SSSR count). The molecule has 0 fully saturated rings. The van der Waals surface area contributed by atoms with Crippen molar-refractivity contribution in [2.24, 2.45) is 7.05 Å². The first kappa shape index (κ1) is 12.5. The van der Waals surface area contributed by atoms with Crippen LogP contribution >= 0.6 is 0 Å². The highest BCUT2D eigenvalue weighted by atomic mass is 16.5. The second-order valence-corrected chi connectivity index (χ2v) is 4.78. The van der Waals surface area contributed by atoms with Gasteiger partial charge >= 0.3 is 0 Å². The number of hydrogen-bond donors (Lipinski definition) is 2. The Hall–Kier alpha value is -2.50. The molecule has 6 heteroatoms. The van der Waals surface area contributed by atoms with Gasteiger partial charge in [0.2, 0.25) is 0 Å². The van der Waals surface area contributed by atoms with Crippen LogP contribution in [0.5, 0.6) is 5.75 Å². The monoisotopic (exact) mass is 272 g/mol. The van der Waals surface area contributed by atoms with E-state index in [9.17, 15) is 4.79 Å². The average Bonchev–Trinajstić information content (AvgIpc) is 2.76. The van der Waals surface area contributed by atoms with Crippen molar-refractivity contribution in [1.29, 1.82) is 0 Å². The van der Waals surface area contributed by atoms with Crippen LogP contribution in [0.25, 0.3) is 0 Å². The first-order valence-corrected chi connectivity index (χ1v) is 6.41. The first-order valence-electron chi connectivity index (χ1n) is 6.41. The number of amides is 1. The molecule has 20 heavy (non-hydrogen) atoms. The van der Waals surface area contributed by atoms with Crippen molar-refractivity contribution in [3.63, 3.8) is 0 Å². The van der Waals surface area contributed by atoms with E-state index in [0.717, 1.165) is 16.9 Å². The van der Waals surface area contributed by atoms with Crippen LogP contribution in [0, 0.1) is 6.92 Å². The summed E-state index contributed by atoms with van der Waals surface area (Å²) in [5.41, 5.74) is 3.91. The quantitative estimate of drug-likeness (QED) is 0.892. The van der Waals surface area contributed by atoms with E-state index >= 15 is 0 Å². The molecule has 2 heterocycles. The Morgan fingerprint density at radius 2 is 2.35 bits per heavy atom. The molecule has 1 amide bonds. The van der Waals surface area contributed by atoms with Crippen molar-refractivity contribution in [3.05, 3.63) is 35.7 Å². The largest absolute Gasteiger partial charge is 0.482 e. The summed E-state index contributed by atoms with van der Waals surface area (Å²) < 4.78 is 7.17. The fraction of sp³-hybridized carbons (Fsp3) is 0.286. The van der Waals surface area contributed by atoms with E-state index in [-0.39, 0.29) is 12.5 Å². The Balaban J connectivity index is 1.74. The van der Waals surface area contributed by atoms with Crippen LogP contribution in [0.2, 0.25) is 0 Å². The molecule has 1 aromatic heterocycles. The highest BCUT2D eigenvalue weighted by molar-refractivity contribution is 5.96. The maximum atomic E-state index is 11.3. The minimum Gasteiger partial charge on any atom is -0.482 e. The normalized spacial score (nSPS) is 13.4. The summed E-state index contributed by atoms with van der Waals surface area (Å²) in [6.07, 6.45) is 1.85. The lowest BCUT2D eigenvalue weighted by molar-refractivity contribution is -0.118. The van der Waals surface area contributed by atoms with Crippen LogP contribution in [-0.2, 0) is 18.4 Å². The maximum Gasteiger partial charge on any atom is 0.262 e. The predicted molar refractivity (Wildman–Crippen MR) is 75.8 cm³/mol. The molecule has 0 saturated heterocycles. The number of aromatic nitrogens is 2. The Bertz CT molecular complexity index is 663. The zero-order valence-corrected chi connectivity index (χ0v) is 11.4. The van der Waals surface area contributed by atoms with Crippen LogP contribution in [0.15, 0.2) is 24.4 Å². The number of carbonyl (C=O) groups excluding carboxylic acids is 1. The molecule has 0 radical (unpaired) electrons. The van der Waals surface area contributed by atoms with E-state index in [1.165, 1.54) is 0 Å². The summed E-state index contributed by atoms with van der Waals surface area (Å²) in [5.74, 6) is 0.575. The van der Waals surface area contributed by atoms with Gasteiger partial charge in [0.1, 0.15) is 5.75 Å². The van der Waals surface area contributed by atoms with Crippen molar-refractivity contribution in [1.82, 2.24) is 9.78 Å². The summed E-state index contributed by atoms with van der Waals surface area (Å²) in [7, 11) is 1.92. The number of hydrogen-bond acceptors (Lipinski definition) is 4. The van der Waals surface area contributed by atoms with Crippen molar-refractivity contribution >= 4 is 17.3 Å². The lowest BCUT2D eigenvalue weighted by atomic mass is 10.2. The minimum absolute atomic E-state index is 0.0780. The molecule has 6 nitrogen and oxygen atoms in total. The minimum atomic E-state index is -0.127. The van der Waals surface area contributed by atoms with Gasteiger partial charge in [0, 0.05) is 30.5 Å². The summed E-state index contributed by atoms with van der Waals surface area (Å²) in [4.78, 5) is 11.3. The Morgan fingerprint density at radius 1 is 1.50 bits per heavy atom. The number of aryl methyl sites for hydroxylation is 1. The SMILES string of the molecule is Cc1c(CNc2ccc3c(c2)NC(=O)CO3)cnn1C. The van der Waals surface area contributed by atoms with Gasteiger partial charge in [0.05, 0.1) is 11.9 Å². The third kappa shape index (κ3) is 2.32. The van der Waals surface area contributed by atoms with Gasteiger partial charge in [-0.2, -0.15) is 5.10 Å². The maximum absolute atomic E-state index is 11.3. The summed E-state index contributed by atoms with van der Waals surface area (Å²) in [6.45, 7) is 2.80. The number of nitrogens with one attached hydrogen (secondary N) is 2. The molecule has 0 spiro atoms. The number of carbonyl (C=O) groups is 1. The first-order chi connectivity index (χ1) is 9.63. The molecule has 0 bridgehead atoms. The molecule has 1 aliphatic rings. The van der Waals surface area contributed by atoms with E-state index in [4.69, 9.17) is 4.74 Å². The van der Waals surface area contributed by atoms with E-state index < -0.39 is 0 Å². The highest BCUT2D eigenvalue weighted by Gasteiger charge is 2.15. The van der Waals surface area contributed by atoms with E-state index in [2.05, 4.69) is 15.7 Å². The van der Waals surface area contributed by atoms with Crippen LogP contribution in [0.1, 0.15) is 11.3 Å². The smallest absolute Gasteiger partial charge is 0.262 e. The number of ether oxygens (including phenoxy) is 1. The lowest BCUT2D eigenvalue weighted by Gasteiger charge is -2.18. The molecule has 2 N–H and O–H groups in total.